The Kier molecular flexibility index (Phi) is 4.22. The van der Waals surface area contributed by atoms with E-state index in [0.717, 1.165) is 45.5 Å². The minimum atomic E-state index is 0.0119. The third-order valence-electron chi connectivity index (χ3n) is 4.20. The number of hydrogen-bond donors (Lipinski definition) is 1. The topological polar surface area (TPSA) is 30.5 Å². The second-order valence-electron chi connectivity index (χ2n) is 5.93. The van der Waals surface area contributed by atoms with E-state index >= 15 is 0 Å². The molecule has 0 amide bonds. The summed E-state index contributed by atoms with van der Waals surface area (Å²) < 4.78 is 11.5. The van der Waals surface area contributed by atoms with Gasteiger partial charge in [0.05, 0.1) is 12.2 Å². The zero-order chi connectivity index (χ0) is 13.1. The molecule has 3 rings (SSSR count). The van der Waals surface area contributed by atoms with Crippen molar-refractivity contribution in [3.63, 3.8) is 0 Å². The third-order valence-corrected chi connectivity index (χ3v) is 4.93. The molecule has 0 aliphatic carbocycles. The first-order valence-corrected chi connectivity index (χ1v) is 8.19. The summed E-state index contributed by atoms with van der Waals surface area (Å²) in [4.78, 5) is 0. The minimum absolute atomic E-state index is 0.0119. The molecule has 0 bridgehead atoms. The standard InChI is InChI=1S/C15H23NO2S/c1-12(8-13-3-7-19-10-13)16-14-2-5-18-15(9-14)4-6-17-11-15/h3,7,10,12,14,16H,2,4-6,8-9,11H2,1H3. The summed E-state index contributed by atoms with van der Waals surface area (Å²) in [5.74, 6) is 0. The van der Waals surface area contributed by atoms with E-state index in [0.29, 0.717) is 12.1 Å². The largest absolute Gasteiger partial charge is 0.378 e. The molecule has 4 heteroatoms. The lowest BCUT2D eigenvalue weighted by atomic mass is 9.89. The Labute approximate surface area is 119 Å². The van der Waals surface area contributed by atoms with Gasteiger partial charge in [0.1, 0.15) is 0 Å². The SMILES string of the molecule is CC(Cc1ccsc1)NC1CCOC2(CCOC2)C1. The van der Waals surface area contributed by atoms with Gasteiger partial charge in [-0.05, 0) is 48.6 Å². The number of rotatable bonds is 4. The number of nitrogens with one attached hydrogen (secondary N) is 1. The van der Waals surface area contributed by atoms with Gasteiger partial charge in [0.2, 0.25) is 0 Å². The van der Waals surface area contributed by atoms with Crippen molar-refractivity contribution in [2.45, 2.75) is 50.3 Å². The molecule has 0 aromatic carbocycles. The Morgan fingerprint density at radius 3 is 3.21 bits per heavy atom. The van der Waals surface area contributed by atoms with E-state index in [1.54, 1.807) is 11.3 Å². The maximum absolute atomic E-state index is 5.98. The van der Waals surface area contributed by atoms with Crippen molar-refractivity contribution < 1.29 is 9.47 Å². The quantitative estimate of drug-likeness (QED) is 0.920. The zero-order valence-electron chi connectivity index (χ0n) is 11.6. The molecule has 0 saturated carbocycles. The predicted octanol–water partition coefficient (Wildman–Crippen LogP) is 2.61. The van der Waals surface area contributed by atoms with Crippen LogP contribution in [-0.2, 0) is 15.9 Å². The lowest BCUT2D eigenvalue weighted by molar-refractivity contribution is -0.0901. The van der Waals surface area contributed by atoms with Gasteiger partial charge in [0.25, 0.3) is 0 Å². The molecule has 1 N–H and O–H groups in total. The molecule has 2 aliphatic heterocycles. The fourth-order valence-electron chi connectivity index (χ4n) is 3.26. The van der Waals surface area contributed by atoms with E-state index in [-0.39, 0.29) is 5.60 Å². The fourth-order valence-corrected chi connectivity index (χ4v) is 3.94. The molecule has 3 unspecified atom stereocenters. The van der Waals surface area contributed by atoms with E-state index < -0.39 is 0 Å². The fraction of sp³-hybridized carbons (Fsp3) is 0.733. The Morgan fingerprint density at radius 2 is 2.47 bits per heavy atom. The van der Waals surface area contributed by atoms with E-state index in [9.17, 15) is 0 Å². The van der Waals surface area contributed by atoms with Crippen LogP contribution in [0.15, 0.2) is 16.8 Å². The van der Waals surface area contributed by atoms with Gasteiger partial charge in [0.15, 0.2) is 0 Å². The zero-order valence-corrected chi connectivity index (χ0v) is 12.4. The van der Waals surface area contributed by atoms with Crippen LogP contribution in [0.5, 0.6) is 0 Å². The van der Waals surface area contributed by atoms with Gasteiger partial charge in [0, 0.05) is 31.7 Å². The molecule has 3 atom stereocenters. The molecule has 2 aliphatic rings. The first-order chi connectivity index (χ1) is 9.26. The van der Waals surface area contributed by atoms with Crippen molar-refractivity contribution in [2.75, 3.05) is 19.8 Å². The Balaban J connectivity index is 1.51. The average molecular weight is 281 g/mol. The summed E-state index contributed by atoms with van der Waals surface area (Å²) in [6.45, 7) is 4.79. The molecule has 0 radical (unpaired) electrons. The highest BCUT2D eigenvalue weighted by Gasteiger charge is 2.41. The van der Waals surface area contributed by atoms with Crippen LogP contribution < -0.4 is 5.32 Å². The summed E-state index contributed by atoms with van der Waals surface area (Å²) in [7, 11) is 0. The van der Waals surface area contributed by atoms with Crippen LogP contribution in [0.4, 0.5) is 0 Å². The van der Waals surface area contributed by atoms with Crippen molar-refractivity contribution >= 4 is 11.3 Å². The molecule has 3 nitrogen and oxygen atoms in total. The van der Waals surface area contributed by atoms with Crippen LogP contribution in [0.1, 0.15) is 31.7 Å². The Morgan fingerprint density at radius 1 is 1.53 bits per heavy atom. The molecule has 19 heavy (non-hydrogen) atoms. The average Bonchev–Trinajstić information content (AvgIpc) is 3.02. The van der Waals surface area contributed by atoms with Crippen LogP contribution >= 0.6 is 11.3 Å². The monoisotopic (exact) mass is 281 g/mol. The van der Waals surface area contributed by atoms with Gasteiger partial charge < -0.3 is 14.8 Å². The predicted molar refractivity (Wildman–Crippen MR) is 77.8 cm³/mol. The van der Waals surface area contributed by atoms with E-state index in [4.69, 9.17) is 9.47 Å². The van der Waals surface area contributed by atoms with E-state index in [1.165, 1.54) is 5.56 Å². The Bertz CT molecular complexity index is 387. The highest BCUT2D eigenvalue weighted by molar-refractivity contribution is 7.07. The normalized spacial score (nSPS) is 32.8. The van der Waals surface area contributed by atoms with Crippen LogP contribution in [0, 0.1) is 0 Å². The van der Waals surface area contributed by atoms with Crippen molar-refractivity contribution in [3.05, 3.63) is 22.4 Å². The molecule has 1 aromatic heterocycles. The molecule has 106 valence electrons. The lowest BCUT2D eigenvalue weighted by Crippen LogP contribution is -2.49. The maximum Gasteiger partial charge on any atom is 0.0951 e. The highest BCUT2D eigenvalue weighted by atomic mass is 32.1. The second-order valence-corrected chi connectivity index (χ2v) is 6.71. The Hall–Kier alpha value is -0.420. The van der Waals surface area contributed by atoms with Crippen molar-refractivity contribution in [3.8, 4) is 0 Å². The van der Waals surface area contributed by atoms with Gasteiger partial charge in [-0.3, -0.25) is 0 Å². The van der Waals surface area contributed by atoms with Crippen LogP contribution in [0.3, 0.4) is 0 Å². The number of ether oxygens (including phenoxy) is 2. The van der Waals surface area contributed by atoms with Gasteiger partial charge in [-0.1, -0.05) is 0 Å². The minimum Gasteiger partial charge on any atom is -0.378 e. The molecular weight excluding hydrogens is 258 g/mol. The molecule has 3 heterocycles. The molecule has 1 spiro atoms. The summed E-state index contributed by atoms with van der Waals surface area (Å²) in [5, 5.41) is 8.18. The molecule has 2 fully saturated rings. The molecule has 1 aromatic rings. The van der Waals surface area contributed by atoms with Crippen LogP contribution in [-0.4, -0.2) is 37.5 Å². The van der Waals surface area contributed by atoms with Gasteiger partial charge in [-0.2, -0.15) is 11.3 Å². The number of thiophene rings is 1. The van der Waals surface area contributed by atoms with Gasteiger partial charge in [-0.25, -0.2) is 0 Å². The van der Waals surface area contributed by atoms with E-state index in [2.05, 4.69) is 29.1 Å². The lowest BCUT2D eigenvalue weighted by Gasteiger charge is -2.38. The molecular formula is C15H23NO2S. The summed E-state index contributed by atoms with van der Waals surface area (Å²) >= 11 is 1.78. The molecule has 2 saturated heterocycles. The van der Waals surface area contributed by atoms with Crippen LogP contribution in [0.2, 0.25) is 0 Å². The van der Waals surface area contributed by atoms with Crippen molar-refractivity contribution in [1.29, 1.82) is 0 Å². The second kappa shape index (κ2) is 5.92. The maximum atomic E-state index is 5.98. The van der Waals surface area contributed by atoms with Gasteiger partial charge in [-0.15, -0.1) is 0 Å². The summed E-state index contributed by atoms with van der Waals surface area (Å²) in [6.07, 6.45) is 4.39. The van der Waals surface area contributed by atoms with Crippen molar-refractivity contribution in [1.82, 2.24) is 5.32 Å². The van der Waals surface area contributed by atoms with Crippen molar-refractivity contribution in [2.24, 2.45) is 0 Å². The highest BCUT2D eigenvalue weighted by Crippen LogP contribution is 2.33. The van der Waals surface area contributed by atoms with Gasteiger partial charge >= 0.3 is 0 Å². The van der Waals surface area contributed by atoms with E-state index in [1.807, 2.05) is 0 Å². The first kappa shape index (κ1) is 13.6. The smallest absolute Gasteiger partial charge is 0.0951 e. The first-order valence-electron chi connectivity index (χ1n) is 7.25. The number of hydrogen-bond acceptors (Lipinski definition) is 4. The summed E-state index contributed by atoms with van der Waals surface area (Å²) in [5.41, 5.74) is 1.45. The summed E-state index contributed by atoms with van der Waals surface area (Å²) in [6, 6.07) is 3.32. The van der Waals surface area contributed by atoms with Crippen LogP contribution in [0.25, 0.3) is 0 Å². The third kappa shape index (κ3) is 3.37.